The summed E-state index contributed by atoms with van der Waals surface area (Å²) in [7, 11) is 1.37. The van der Waals surface area contributed by atoms with E-state index in [2.05, 4.69) is 30.7 Å². The Morgan fingerprint density at radius 1 is 1.42 bits per heavy atom. The van der Waals surface area contributed by atoms with Gasteiger partial charge in [-0.05, 0) is 27.1 Å². The monoisotopic (exact) mass is 324 g/mol. The number of nitrogen functional groups attached to an aromatic ring is 1. The molecule has 1 aromatic heterocycles. The van der Waals surface area contributed by atoms with Crippen molar-refractivity contribution in [1.82, 2.24) is 14.8 Å². The molecule has 0 spiro atoms. The summed E-state index contributed by atoms with van der Waals surface area (Å²) >= 11 is 3.28. The molecule has 0 unspecified atom stereocenters. The van der Waals surface area contributed by atoms with E-state index in [9.17, 15) is 4.79 Å². The number of esters is 1. The van der Waals surface area contributed by atoms with E-state index >= 15 is 0 Å². The van der Waals surface area contributed by atoms with Gasteiger partial charge in [0.2, 0.25) is 5.95 Å². The molecule has 2 rings (SSSR count). The molecule has 0 amide bonds. The molecular formula is C12H13BrN4O2. The predicted molar refractivity (Wildman–Crippen MR) is 73.4 cm³/mol. The van der Waals surface area contributed by atoms with Crippen LogP contribution in [0.3, 0.4) is 0 Å². The Morgan fingerprint density at radius 2 is 2.11 bits per heavy atom. The Bertz CT molecular complexity index is 597. The van der Waals surface area contributed by atoms with Crippen LogP contribution in [-0.2, 0) is 22.5 Å². The third-order valence-electron chi connectivity index (χ3n) is 2.64. The summed E-state index contributed by atoms with van der Waals surface area (Å²) in [4.78, 5) is 15.3. The molecule has 1 aromatic carbocycles. The summed E-state index contributed by atoms with van der Waals surface area (Å²) in [5.74, 6) is -0.0676. The normalized spacial score (nSPS) is 10.4. The average molecular weight is 325 g/mol. The predicted octanol–water partition coefficient (Wildman–Crippen LogP) is 1.39. The number of hydrogen-bond donors (Lipinski definition) is 1. The minimum atomic E-state index is -0.274. The van der Waals surface area contributed by atoms with Crippen LogP contribution in [-0.4, -0.2) is 27.8 Å². The summed E-state index contributed by atoms with van der Waals surface area (Å²) in [6.07, 6.45) is 0.231. The lowest BCUT2D eigenvalue weighted by Crippen LogP contribution is -2.10. The van der Waals surface area contributed by atoms with Crippen molar-refractivity contribution >= 4 is 27.8 Å². The van der Waals surface area contributed by atoms with E-state index in [1.165, 1.54) is 7.11 Å². The van der Waals surface area contributed by atoms with E-state index in [0.29, 0.717) is 11.3 Å². The van der Waals surface area contributed by atoms with Crippen LogP contribution in [0.25, 0.3) is 0 Å². The van der Waals surface area contributed by atoms with Crippen molar-refractivity contribution in [3.05, 3.63) is 40.1 Å². The maximum Gasteiger partial charge on any atom is 0.309 e. The van der Waals surface area contributed by atoms with E-state index in [4.69, 9.17) is 5.73 Å². The first-order chi connectivity index (χ1) is 9.10. The fourth-order valence-corrected chi connectivity index (χ4v) is 2.10. The van der Waals surface area contributed by atoms with Crippen LogP contribution < -0.4 is 5.73 Å². The Hall–Kier alpha value is -1.89. The van der Waals surface area contributed by atoms with E-state index in [-0.39, 0.29) is 18.3 Å². The van der Waals surface area contributed by atoms with Gasteiger partial charge < -0.3 is 10.5 Å². The van der Waals surface area contributed by atoms with Gasteiger partial charge in [0.1, 0.15) is 0 Å². The second-order valence-corrected chi connectivity index (χ2v) is 4.63. The zero-order valence-electron chi connectivity index (χ0n) is 10.3. The van der Waals surface area contributed by atoms with Crippen LogP contribution in [0.5, 0.6) is 0 Å². The van der Waals surface area contributed by atoms with Crippen LogP contribution in [0.2, 0.25) is 0 Å². The number of benzene rings is 1. The molecule has 0 saturated carbocycles. The van der Waals surface area contributed by atoms with Gasteiger partial charge in [0.05, 0.1) is 20.1 Å². The fraction of sp³-hybridized carbons (Fsp3) is 0.250. The third-order valence-corrected chi connectivity index (χ3v) is 3.23. The van der Waals surface area contributed by atoms with E-state index < -0.39 is 0 Å². The molecule has 0 bridgehead atoms. The summed E-state index contributed by atoms with van der Waals surface area (Å²) in [6.45, 7) is 0.484. The second-order valence-electron chi connectivity index (χ2n) is 3.92. The van der Waals surface area contributed by atoms with Crippen molar-refractivity contribution in [2.24, 2.45) is 0 Å². The molecule has 0 atom stereocenters. The van der Waals surface area contributed by atoms with Gasteiger partial charge >= 0.3 is 5.97 Å². The molecule has 6 nitrogen and oxygen atoms in total. The van der Waals surface area contributed by atoms with Crippen molar-refractivity contribution in [3.8, 4) is 0 Å². The largest absolute Gasteiger partial charge is 0.469 e. The topological polar surface area (TPSA) is 83.0 Å². The Balaban J connectivity index is 2.25. The number of ether oxygens (including phenoxy) is 1. The summed E-state index contributed by atoms with van der Waals surface area (Å²) in [6, 6.07) is 7.61. The van der Waals surface area contributed by atoms with Crippen LogP contribution >= 0.6 is 15.9 Å². The molecule has 0 radical (unpaired) electrons. The van der Waals surface area contributed by atoms with Crippen molar-refractivity contribution < 1.29 is 9.53 Å². The molecule has 0 fully saturated rings. The van der Waals surface area contributed by atoms with Crippen LogP contribution in [0.1, 0.15) is 11.1 Å². The molecule has 1 heterocycles. The number of aromatic nitrogens is 3. The third kappa shape index (κ3) is 3.31. The van der Waals surface area contributed by atoms with Crippen LogP contribution in [0.15, 0.2) is 29.0 Å². The SMILES string of the molecule is COC(=O)Cc1ccccc1Cn1nc(N)nc1Br. The van der Waals surface area contributed by atoms with Crippen molar-refractivity contribution in [2.75, 3.05) is 12.8 Å². The lowest BCUT2D eigenvalue weighted by molar-refractivity contribution is -0.139. The maximum atomic E-state index is 11.4. The number of rotatable bonds is 4. The highest BCUT2D eigenvalue weighted by molar-refractivity contribution is 9.10. The van der Waals surface area contributed by atoms with Crippen molar-refractivity contribution in [1.29, 1.82) is 0 Å². The van der Waals surface area contributed by atoms with Gasteiger partial charge in [-0.3, -0.25) is 4.79 Å². The van der Waals surface area contributed by atoms with Gasteiger partial charge in [0, 0.05) is 0 Å². The van der Waals surface area contributed by atoms with Gasteiger partial charge in [-0.15, -0.1) is 5.10 Å². The summed E-state index contributed by atoms with van der Waals surface area (Å²) in [5.41, 5.74) is 7.40. The standard InChI is InChI=1S/C12H13BrN4O2/c1-19-10(18)6-8-4-2-3-5-9(8)7-17-11(13)15-12(14)16-17/h2-5H,6-7H2,1H3,(H2,14,16). The number of carbonyl (C=O) groups excluding carboxylic acids is 1. The molecule has 19 heavy (non-hydrogen) atoms. The minimum absolute atomic E-state index is 0.206. The molecule has 0 saturated heterocycles. The van der Waals surface area contributed by atoms with E-state index in [1.807, 2.05) is 24.3 Å². The van der Waals surface area contributed by atoms with Crippen LogP contribution in [0.4, 0.5) is 5.95 Å². The molecule has 0 aliphatic heterocycles. The van der Waals surface area contributed by atoms with Gasteiger partial charge in [-0.1, -0.05) is 24.3 Å². The molecule has 100 valence electrons. The first-order valence-electron chi connectivity index (χ1n) is 5.59. The Labute approximate surface area is 118 Å². The zero-order valence-corrected chi connectivity index (χ0v) is 11.9. The van der Waals surface area contributed by atoms with Crippen LogP contribution in [0, 0.1) is 0 Å². The Morgan fingerprint density at radius 3 is 2.68 bits per heavy atom. The second kappa shape index (κ2) is 5.83. The summed E-state index contributed by atoms with van der Waals surface area (Å²) in [5, 5.41) is 4.07. The van der Waals surface area contributed by atoms with Gasteiger partial charge in [-0.25, -0.2) is 4.68 Å². The highest BCUT2D eigenvalue weighted by Crippen LogP contribution is 2.15. The number of nitrogens with zero attached hydrogens (tertiary/aromatic N) is 3. The smallest absolute Gasteiger partial charge is 0.309 e. The molecule has 2 N–H and O–H groups in total. The number of carbonyl (C=O) groups is 1. The summed E-state index contributed by atoms with van der Waals surface area (Å²) < 4.78 is 6.87. The molecular weight excluding hydrogens is 312 g/mol. The molecule has 0 aliphatic rings. The minimum Gasteiger partial charge on any atom is -0.469 e. The van der Waals surface area contributed by atoms with E-state index in [1.54, 1.807) is 4.68 Å². The van der Waals surface area contributed by atoms with E-state index in [0.717, 1.165) is 11.1 Å². The lowest BCUT2D eigenvalue weighted by Gasteiger charge is -2.08. The molecule has 7 heteroatoms. The average Bonchev–Trinajstić information content (AvgIpc) is 2.70. The fourth-order valence-electron chi connectivity index (χ4n) is 1.71. The van der Waals surface area contributed by atoms with Crippen molar-refractivity contribution in [3.63, 3.8) is 0 Å². The first-order valence-corrected chi connectivity index (χ1v) is 6.39. The maximum absolute atomic E-state index is 11.4. The highest BCUT2D eigenvalue weighted by atomic mass is 79.9. The number of anilines is 1. The van der Waals surface area contributed by atoms with Gasteiger partial charge in [0.25, 0.3) is 0 Å². The Kier molecular flexibility index (Phi) is 4.16. The number of methoxy groups -OCH3 is 1. The number of hydrogen-bond acceptors (Lipinski definition) is 5. The van der Waals surface area contributed by atoms with Gasteiger partial charge in [0.15, 0.2) is 4.73 Å². The molecule has 2 aromatic rings. The van der Waals surface area contributed by atoms with Gasteiger partial charge in [-0.2, -0.15) is 4.98 Å². The lowest BCUT2D eigenvalue weighted by atomic mass is 10.0. The highest BCUT2D eigenvalue weighted by Gasteiger charge is 2.11. The first kappa shape index (κ1) is 13.5. The van der Waals surface area contributed by atoms with Crippen molar-refractivity contribution in [2.45, 2.75) is 13.0 Å². The number of halogens is 1. The molecule has 0 aliphatic carbocycles. The quantitative estimate of drug-likeness (QED) is 0.859. The number of nitrogens with two attached hydrogens (primary N) is 1. The zero-order chi connectivity index (χ0) is 13.8.